The molecule has 0 radical (unpaired) electrons. The topological polar surface area (TPSA) is 76.1 Å². The Kier molecular flexibility index (Phi) is 4.84. The second-order valence-corrected chi connectivity index (χ2v) is 6.17. The number of nitriles is 1. The van der Waals surface area contributed by atoms with E-state index in [1.807, 2.05) is 0 Å². The molecule has 6 heteroatoms. The number of hydrogen-bond acceptors (Lipinski definition) is 4. The van der Waals surface area contributed by atoms with Crippen LogP contribution in [0.2, 0.25) is 5.02 Å². The quantitative estimate of drug-likeness (QED) is 0.878. The molecule has 0 aromatic heterocycles. The highest BCUT2D eigenvalue weighted by Crippen LogP contribution is 2.27. The van der Waals surface area contributed by atoms with Crippen molar-refractivity contribution in [1.82, 2.24) is 0 Å². The molecule has 0 amide bonds. The summed E-state index contributed by atoms with van der Waals surface area (Å²) in [5, 5.41) is 9.43. The first kappa shape index (κ1) is 15.4. The van der Waals surface area contributed by atoms with Crippen molar-refractivity contribution < 1.29 is 8.95 Å². The Hall–Kier alpha value is -2.03. The minimum absolute atomic E-state index is 0.198. The van der Waals surface area contributed by atoms with Crippen LogP contribution >= 0.6 is 11.6 Å². The molecule has 0 aliphatic rings. The van der Waals surface area contributed by atoms with Gasteiger partial charge in [-0.3, -0.25) is 4.21 Å². The lowest BCUT2D eigenvalue weighted by Crippen LogP contribution is -2.03. The standard InChI is InChI=1S/C15H13ClN2O2S/c1-20-14-5-2-10(8-17)6-11(14)9-21(19)15-7-12(16)3-4-13(15)18/h2-7H,9,18H2,1H3. The third kappa shape index (κ3) is 3.54. The first-order chi connectivity index (χ1) is 10.0. The van der Waals surface area contributed by atoms with Crippen LogP contribution in [0.5, 0.6) is 5.75 Å². The monoisotopic (exact) mass is 320 g/mol. The predicted molar refractivity (Wildman–Crippen MR) is 83.7 cm³/mol. The summed E-state index contributed by atoms with van der Waals surface area (Å²) < 4.78 is 17.7. The number of nitrogens with zero attached hydrogens (tertiary/aromatic N) is 1. The van der Waals surface area contributed by atoms with E-state index in [9.17, 15) is 4.21 Å². The van der Waals surface area contributed by atoms with E-state index in [0.29, 0.717) is 32.5 Å². The fraction of sp³-hybridized carbons (Fsp3) is 0.133. The average molecular weight is 321 g/mol. The van der Waals surface area contributed by atoms with Gasteiger partial charge in [0.15, 0.2) is 0 Å². The van der Waals surface area contributed by atoms with Crippen molar-refractivity contribution >= 4 is 28.1 Å². The van der Waals surface area contributed by atoms with Crippen molar-refractivity contribution in [3.63, 3.8) is 0 Å². The lowest BCUT2D eigenvalue weighted by Gasteiger charge is -2.10. The third-order valence-electron chi connectivity index (χ3n) is 2.92. The Morgan fingerprint density at radius 1 is 1.33 bits per heavy atom. The Bertz CT molecular complexity index is 741. The maximum absolute atomic E-state index is 12.5. The van der Waals surface area contributed by atoms with Crippen LogP contribution in [0.4, 0.5) is 5.69 Å². The lowest BCUT2D eigenvalue weighted by molar-refractivity contribution is 0.411. The lowest BCUT2D eigenvalue weighted by atomic mass is 10.1. The first-order valence-electron chi connectivity index (χ1n) is 6.05. The molecule has 0 saturated carbocycles. The highest BCUT2D eigenvalue weighted by molar-refractivity contribution is 7.84. The molecule has 2 rings (SSSR count). The summed E-state index contributed by atoms with van der Waals surface area (Å²) in [6.07, 6.45) is 0. The fourth-order valence-electron chi connectivity index (χ4n) is 1.89. The summed E-state index contributed by atoms with van der Waals surface area (Å²) in [7, 11) is 0.152. The number of hydrogen-bond donors (Lipinski definition) is 1. The number of methoxy groups -OCH3 is 1. The molecule has 4 nitrogen and oxygen atoms in total. The zero-order chi connectivity index (χ0) is 15.4. The summed E-state index contributed by atoms with van der Waals surface area (Å²) in [5.74, 6) is 0.784. The predicted octanol–water partition coefficient (Wildman–Crippen LogP) is 3.11. The number of halogens is 1. The molecule has 0 heterocycles. The summed E-state index contributed by atoms with van der Waals surface area (Å²) in [6, 6.07) is 11.9. The Balaban J connectivity index is 2.35. The zero-order valence-electron chi connectivity index (χ0n) is 11.3. The van der Waals surface area contributed by atoms with Crippen molar-refractivity contribution in [2.75, 3.05) is 12.8 Å². The third-order valence-corrected chi connectivity index (χ3v) is 4.57. The van der Waals surface area contributed by atoms with Crippen molar-refractivity contribution in [3.05, 3.63) is 52.5 Å². The summed E-state index contributed by atoms with van der Waals surface area (Å²) in [6.45, 7) is 0. The molecule has 0 aliphatic heterocycles. The van der Waals surface area contributed by atoms with Crippen molar-refractivity contribution in [2.24, 2.45) is 0 Å². The van der Waals surface area contributed by atoms with Gasteiger partial charge in [0.2, 0.25) is 0 Å². The minimum atomic E-state index is -1.38. The second-order valence-electron chi connectivity index (χ2n) is 4.31. The molecule has 0 bridgehead atoms. The zero-order valence-corrected chi connectivity index (χ0v) is 12.9. The largest absolute Gasteiger partial charge is 0.496 e. The van der Waals surface area contributed by atoms with Gasteiger partial charge in [-0.05, 0) is 36.4 Å². The van der Waals surface area contributed by atoms with Gasteiger partial charge in [-0.2, -0.15) is 5.26 Å². The van der Waals surface area contributed by atoms with Gasteiger partial charge in [0.25, 0.3) is 0 Å². The molecular formula is C15H13ClN2O2S. The molecule has 0 aliphatic carbocycles. The molecule has 1 unspecified atom stereocenters. The van der Waals surface area contributed by atoms with Gasteiger partial charge in [0, 0.05) is 16.3 Å². The van der Waals surface area contributed by atoms with Gasteiger partial charge in [-0.15, -0.1) is 0 Å². The molecule has 0 spiro atoms. The van der Waals surface area contributed by atoms with E-state index >= 15 is 0 Å². The van der Waals surface area contributed by atoms with Crippen LogP contribution in [0.3, 0.4) is 0 Å². The molecule has 2 aromatic carbocycles. The normalized spacial score (nSPS) is 11.7. The van der Waals surface area contributed by atoms with Gasteiger partial charge >= 0.3 is 0 Å². The minimum Gasteiger partial charge on any atom is -0.496 e. The highest BCUT2D eigenvalue weighted by Gasteiger charge is 2.13. The van der Waals surface area contributed by atoms with E-state index in [2.05, 4.69) is 6.07 Å². The van der Waals surface area contributed by atoms with Gasteiger partial charge < -0.3 is 10.5 Å². The molecule has 0 fully saturated rings. The van der Waals surface area contributed by atoms with Crippen molar-refractivity contribution in [3.8, 4) is 11.8 Å². The molecule has 2 N–H and O–H groups in total. The molecule has 21 heavy (non-hydrogen) atoms. The van der Waals surface area contributed by atoms with E-state index in [1.54, 1.807) is 36.4 Å². The Morgan fingerprint density at radius 2 is 2.10 bits per heavy atom. The average Bonchev–Trinajstić information content (AvgIpc) is 2.49. The van der Waals surface area contributed by atoms with Gasteiger partial charge in [-0.25, -0.2) is 0 Å². The summed E-state index contributed by atoms with van der Waals surface area (Å²) in [5.41, 5.74) is 7.44. The van der Waals surface area contributed by atoms with Crippen LogP contribution in [-0.2, 0) is 16.6 Å². The van der Waals surface area contributed by atoms with Crippen molar-refractivity contribution in [1.29, 1.82) is 5.26 Å². The smallest absolute Gasteiger partial charge is 0.123 e. The molecule has 1 atom stereocenters. The molecule has 0 saturated heterocycles. The fourth-order valence-corrected chi connectivity index (χ4v) is 3.37. The Morgan fingerprint density at radius 3 is 2.76 bits per heavy atom. The van der Waals surface area contributed by atoms with Crippen LogP contribution in [0.15, 0.2) is 41.3 Å². The van der Waals surface area contributed by atoms with Gasteiger partial charge in [-0.1, -0.05) is 11.6 Å². The van der Waals surface area contributed by atoms with Crippen LogP contribution in [-0.4, -0.2) is 11.3 Å². The van der Waals surface area contributed by atoms with Crippen molar-refractivity contribution in [2.45, 2.75) is 10.6 Å². The van der Waals surface area contributed by atoms with E-state index in [-0.39, 0.29) is 5.75 Å². The number of ether oxygens (including phenoxy) is 1. The number of benzene rings is 2. The number of nitrogen functional groups attached to an aromatic ring is 1. The van der Waals surface area contributed by atoms with Gasteiger partial charge in [0.05, 0.1) is 40.2 Å². The maximum atomic E-state index is 12.5. The van der Waals surface area contributed by atoms with Crippen LogP contribution in [0.1, 0.15) is 11.1 Å². The molecule has 2 aromatic rings. The number of anilines is 1. The van der Waals surface area contributed by atoms with E-state index in [4.69, 9.17) is 27.3 Å². The van der Waals surface area contributed by atoms with Crippen LogP contribution in [0.25, 0.3) is 0 Å². The highest BCUT2D eigenvalue weighted by atomic mass is 35.5. The maximum Gasteiger partial charge on any atom is 0.123 e. The SMILES string of the molecule is COc1ccc(C#N)cc1CS(=O)c1cc(Cl)ccc1N. The second kappa shape index (κ2) is 6.61. The van der Waals surface area contributed by atoms with Crippen LogP contribution in [0, 0.1) is 11.3 Å². The Labute approximate surface area is 130 Å². The van der Waals surface area contributed by atoms with Gasteiger partial charge in [0.1, 0.15) is 5.75 Å². The molecular weight excluding hydrogens is 308 g/mol. The first-order valence-corrected chi connectivity index (χ1v) is 7.75. The number of nitrogens with two attached hydrogens (primary N) is 1. The van der Waals surface area contributed by atoms with E-state index in [0.717, 1.165) is 0 Å². The summed E-state index contributed by atoms with van der Waals surface area (Å²) >= 11 is 5.91. The number of rotatable bonds is 4. The summed E-state index contributed by atoms with van der Waals surface area (Å²) in [4.78, 5) is 0.479. The van der Waals surface area contributed by atoms with E-state index < -0.39 is 10.8 Å². The molecule has 108 valence electrons. The van der Waals surface area contributed by atoms with E-state index in [1.165, 1.54) is 7.11 Å². The van der Waals surface area contributed by atoms with Crippen LogP contribution < -0.4 is 10.5 Å².